The summed E-state index contributed by atoms with van der Waals surface area (Å²) in [5, 5.41) is 2.73. The number of alkyl halides is 3. The van der Waals surface area contributed by atoms with E-state index in [2.05, 4.69) is 10.3 Å². The molecule has 1 aliphatic heterocycles. The smallest absolute Gasteiger partial charge is 0.350 e. The van der Waals surface area contributed by atoms with Gasteiger partial charge in [-0.05, 0) is 42.7 Å². The van der Waals surface area contributed by atoms with Gasteiger partial charge in [-0.3, -0.25) is 9.59 Å². The zero-order valence-electron chi connectivity index (χ0n) is 14.3. The van der Waals surface area contributed by atoms with Gasteiger partial charge in [0.1, 0.15) is 5.02 Å². The van der Waals surface area contributed by atoms with Crippen LogP contribution < -0.4 is 10.9 Å². The van der Waals surface area contributed by atoms with Gasteiger partial charge in [0.05, 0.1) is 5.56 Å². The molecule has 0 radical (unpaired) electrons. The number of H-pyrrole nitrogens is 1. The van der Waals surface area contributed by atoms with Crippen LogP contribution in [0.1, 0.15) is 35.2 Å². The van der Waals surface area contributed by atoms with Gasteiger partial charge in [0.2, 0.25) is 5.91 Å². The lowest BCUT2D eigenvalue weighted by Crippen LogP contribution is -2.23. The number of pyridine rings is 1. The Morgan fingerprint density at radius 3 is 2.56 bits per heavy atom. The average Bonchev–Trinajstić information content (AvgIpc) is 3.00. The quantitative estimate of drug-likeness (QED) is 0.821. The number of nitrogens with one attached hydrogen (secondary N) is 2. The third kappa shape index (κ3) is 4.24. The third-order valence-electron chi connectivity index (χ3n) is 4.40. The van der Waals surface area contributed by atoms with Crippen LogP contribution in [-0.4, -0.2) is 16.9 Å². The maximum absolute atomic E-state index is 13.3. The van der Waals surface area contributed by atoms with E-state index >= 15 is 0 Å². The second kappa shape index (κ2) is 7.23. The minimum absolute atomic E-state index is 0.0212. The van der Waals surface area contributed by atoms with Crippen LogP contribution in [0.4, 0.5) is 13.2 Å². The first-order valence-corrected chi connectivity index (χ1v) is 8.61. The van der Waals surface area contributed by atoms with Crippen molar-refractivity contribution in [3.63, 3.8) is 0 Å². The van der Waals surface area contributed by atoms with Gasteiger partial charge >= 0.3 is 6.18 Å². The molecule has 1 saturated heterocycles. The fourth-order valence-corrected chi connectivity index (χ4v) is 3.12. The second-order valence-electron chi connectivity index (χ2n) is 6.37. The van der Waals surface area contributed by atoms with Crippen molar-refractivity contribution in [2.75, 3.05) is 0 Å². The third-order valence-corrected chi connectivity index (χ3v) is 4.70. The number of benzene rings is 1. The molecule has 2 aromatic rings. The molecule has 0 saturated carbocycles. The Hall–Kier alpha value is -2.54. The van der Waals surface area contributed by atoms with E-state index in [0.717, 1.165) is 6.07 Å². The molecule has 0 spiro atoms. The summed E-state index contributed by atoms with van der Waals surface area (Å²) in [5.74, 6) is -0.125. The topological polar surface area (TPSA) is 62.0 Å². The summed E-state index contributed by atoms with van der Waals surface area (Å²) >= 11 is 5.76. The normalized spacial score (nSPS) is 17.9. The van der Waals surface area contributed by atoms with Crippen molar-refractivity contribution in [3.8, 4) is 0 Å². The molecule has 1 aliphatic rings. The molecule has 0 unspecified atom stereocenters. The number of aromatic amines is 1. The van der Waals surface area contributed by atoms with Gasteiger partial charge in [0.25, 0.3) is 5.56 Å². The molecule has 0 aliphatic carbocycles. The number of hydrogen-bond acceptors (Lipinski definition) is 2. The van der Waals surface area contributed by atoms with E-state index in [-0.39, 0.29) is 28.1 Å². The maximum atomic E-state index is 13.3. The molecule has 1 amide bonds. The Balaban J connectivity index is 2.15. The highest BCUT2D eigenvalue weighted by molar-refractivity contribution is 6.30. The van der Waals surface area contributed by atoms with Crippen LogP contribution in [0.5, 0.6) is 0 Å². The minimum Gasteiger partial charge on any atom is -0.350 e. The molecule has 0 bridgehead atoms. The molecular weight excluding hydrogens is 381 g/mol. The van der Waals surface area contributed by atoms with Gasteiger partial charge < -0.3 is 10.3 Å². The molecule has 1 aromatic carbocycles. The lowest BCUT2D eigenvalue weighted by atomic mass is 9.95. The van der Waals surface area contributed by atoms with Crippen molar-refractivity contribution in [3.05, 3.63) is 74.2 Å². The highest BCUT2D eigenvalue weighted by atomic mass is 35.5. The van der Waals surface area contributed by atoms with Crippen LogP contribution in [0.3, 0.4) is 0 Å². The zero-order valence-corrected chi connectivity index (χ0v) is 15.0. The van der Waals surface area contributed by atoms with Crippen molar-refractivity contribution < 1.29 is 18.0 Å². The number of aryl methyl sites for hydroxylation is 1. The number of carbonyl (C=O) groups excluding carboxylic acids is 1. The lowest BCUT2D eigenvalue weighted by Gasteiger charge is -2.16. The molecule has 2 heterocycles. The van der Waals surface area contributed by atoms with Gasteiger partial charge in [-0.2, -0.15) is 13.2 Å². The monoisotopic (exact) mass is 396 g/mol. The van der Waals surface area contributed by atoms with Gasteiger partial charge in [0, 0.05) is 23.7 Å². The van der Waals surface area contributed by atoms with Crippen molar-refractivity contribution in [1.82, 2.24) is 10.3 Å². The molecule has 1 atom stereocenters. The largest absolute Gasteiger partial charge is 0.416 e. The van der Waals surface area contributed by atoms with E-state index in [4.69, 9.17) is 11.6 Å². The van der Waals surface area contributed by atoms with E-state index in [0.29, 0.717) is 24.1 Å². The van der Waals surface area contributed by atoms with Gasteiger partial charge in [-0.15, -0.1) is 0 Å². The summed E-state index contributed by atoms with van der Waals surface area (Å²) in [6, 6.07) is 6.56. The highest BCUT2D eigenvalue weighted by Gasteiger charge is 2.33. The van der Waals surface area contributed by atoms with Gasteiger partial charge in [-0.1, -0.05) is 29.8 Å². The number of halogens is 4. The number of hydrogen-bond donors (Lipinski definition) is 2. The maximum Gasteiger partial charge on any atom is 0.416 e. The molecule has 4 nitrogen and oxygen atoms in total. The second-order valence-corrected chi connectivity index (χ2v) is 6.78. The predicted molar refractivity (Wildman–Crippen MR) is 96.5 cm³/mol. The number of aromatic nitrogens is 1. The first-order chi connectivity index (χ1) is 12.6. The van der Waals surface area contributed by atoms with Crippen LogP contribution in [0, 0.1) is 6.92 Å². The molecule has 27 heavy (non-hydrogen) atoms. The zero-order chi connectivity index (χ0) is 19.8. The summed E-state index contributed by atoms with van der Waals surface area (Å²) in [7, 11) is 0. The molecule has 8 heteroatoms. The summed E-state index contributed by atoms with van der Waals surface area (Å²) in [6.45, 7) is 1.39. The highest BCUT2D eigenvalue weighted by Crippen LogP contribution is 2.35. The summed E-state index contributed by atoms with van der Waals surface area (Å²) in [4.78, 5) is 25.9. The average molecular weight is 397 g/mol. The van der Waals surface area contributed by atoms with Crippen molar-refractivity contribution in [2.45, 2.75) is 32.0 Å². The van der Waals surface area contributed by atoms with E-state index in [1.54, 1.807) is 12.1 Å². The summed E-state index contributed by atoms with van der Waals surface area (Å²) in [5.41, 5.74) is -0.197. The number of rotatable bonds is 3. The van der Waals surface area contributed by atoms with Crippen molar-refractivity contribution >= 4 is 23.1 Å². The minimum atomic E-state index is -4.50. The van der Waals surface area contributed by atoms with Crippen LogP contribution in [0.25, 0.3) is 5.57 Å². The Morgan fingerprint density at radius 2 is 1.96 bits per heavy atom. The summed E-state index contributed by atoms with van der Waals surface area (Å²) in [6.07, 6.45) is -1.97. The van der Waals surface area contributed by atoms with Crippen LogP contribution in [0.15, 0.2) is 41.2 Å². The van der Waals surface area contributed by atoms with E-state index in [1.165, 1.54) is 25.1 Å². The van der Waals surface area contributed by atoms with E-state index in [1.807, 2.05) is 0 Å². The van der Waals surface area contributed by atoms with Crippen LogP contribution in [0.2, 0.25) is 5.02 Å². The standard InChI is InChI=1S/C19H16ClF3N2O2/c1-10-2-3-11(8-14(10)19(21,22)23)13(9-12-4-7-17(26)24-12)16-6-5-15(20)18(27)25-16/h2-3,5-6,8-9,12H,4,7H2,1H3,(H,24,26)(H,25,27)/b13-9+/t12-/m1/s1. The molecule has 2 N–H and O–H groups in total. The Labute approximate surface area is 158 Å². The van der Waals surface area contributed by atoms with Gasteiger partial charge in [-0.25, -0.2) is 0 Å². The molecule has 1 aromatic heterocycles. The first-order valence-electron chi connectivity index (χ1n) is 8.24. The van der Waals surface area contributed by atoms with Crippen molar-refractivity contribution in [1.29, 1.82) is 0 Å². The van der Waals surface area contributed by atoms with E-state index in [9.17, 15) is 22.8 Å². The number of amides is 1. The lowest BCUT2D eigenvalue weighted by molar-refractivity contribution is -0.138. The van der Waals surface area contributed by atoms with Crippen molar-refractivity contribution in [2.24, 2.45) is 0 Å². The predicted octanol–water partition coefficient (Wildman–Crippen LogP) is 4.07. The molecule has 142 valence electrons. The Kier molecular flexibility index (Phi) is 5.15. The molecule has 3 rings (SSSR count). The fraction of sp³-hybridized carbons (Fsp3) is 0.263. The summed E-state index contributed by atoms with van der Waals surface area (Å²) < 4.78 is 39.9. The van der Waals surface area contributed by atoms with Crippen LogP contribution >= 0.6 is 11.6 Å². The Bertz CT molecular complexity index is 980. The fourth-order valence-electron chi connectivity index (χ4n) is 3.01. The Morgan fingerprint density at radius 1 is 1.22 bits per heavy atom. The van der Waals surface area contributed by atoms with Gasteiger partial charge in [0.15, 0.2) is 0 Å². The first kappa shape index (κ1) is 19.2. The SMILES string of the molecule is Cc1ccc(/C(=C\[C@H]2CCC(=O)N2)c2ccc(Cl)c(=O)[nH]2)cc1C(F)(F)F. The number of carbonyl (C=O) groups is 1. The van der Waals surface area contributed by atoms with Crippen LogP contribution in [-0.2, 0) is 11.0 Å². The molecule has 1 fully saturated rings. The van der Waals surface area contributed by atoms with E-state index < -0.39 is 17.3 Å². The molecular formula is C19H16ClF3N2O2.